The number of ether oxygens (including phenoxy) is 1. The average molecular weight is 433 g/mol. The minimum absolute atomic E-state index is 0.0138. The largest absolute Gasteiger partial charge is 0.490 e. The van der Waals surface area contributed by atoms with Crippen LogP contribution in [0.4, 0.5) is 13.2 Å². The van der Waals surface area contributed by atoms with Crippen LogP contribution in [0.15, 0.2) is 16.7 Å². The number of aryl methyl sites for hydroxylation is 2. The lowest BCUT2D eigenvalue weighted by Gasteiger charge is -2.33. The van der Waals surface area contributed by atoms with Crippen LogP contribution in [0.1, 0.15) is 40.4 Å². The molecule has 160 valence electrons. The Bertz CT molecular complexity index is 838. The van der Waals surface area contributed by atoms with Crippen molar-refractivity contribution in [1.82, 2.24) is 15.0 Å². The number of alkyl halides is 3. The monoisotopic (exact) mass is 433 g/mol. The first kappa shape index (κ1) is 21.7. The van der Waals surface area contributed by atoms with Gasteiger partial charge in [-0.1, -0.05) is 5.16 Å². The second kappa shape index (κ2) is 8.80. The molecule has 29 heavy (non-hydrogen) atoms. The Morgan fingerprint density at radius 1 is 1.38 bits per heavy atom. The molecule has 2 aliphatic rings. The van der Waals surface area contributed by atoms with Crippen molar-refractivity contribution < 1.29 is 32.3 Å². The zero-order chi connectivity index (χ0) is 21.2. The van der Waals surface area contributed by atoms with Crippen LogP contribution in [0.5, 0.6) is 0 Å². The maximum absolute atomic E-state index is 10.6. The van der Waals surface area contributed by atoms with E-state index in [0.717, 1.165) is 26.1 Å². The van der Waals surface area contributed by atoms with Gasteiger partial charge >= 0.3 is 12.1 Å². The molecule has 0 amide bonds. The highest BCUT2D eigenvalue weighted by Gasteiger charge is 2.41. The minimum atomic E-state index is -5.08. The quantitative estimate of drug-likeness (QED) is 0.789. The molecule has 0 aromatic carbocycles. The van der Waals surface area contributed by atoms with Crippen LogP contribution in [0, 0.1) is 19.8 Å². The van der Waals surface area contributed by atoms with Crippen molar-refractivity contribution in [3.05, 3.63) is 33.6 Å². The van der Waals surface area contributed by atoms with Crippen LogP contribution in [0.3, 0.4) is 0 Å². The van der Waals surface area contributed by atoms with Crippen molar-refractivity contribution in [2.24, 2.45) is 5.92 Å². The van der Waals surface area contributed by atoms with Gasteiger partial charge in [0.25, 0.3) is 5.89 Å². The standard InChI is InChI=1S/C16H21N3O2S.C2HF3O2/c1-10-3-4-13(22-10)8-19-6-5-12-7-14(20-15(12)9-19)16-17-11(2)18-21-16;3-2(4,5)1(6)7/h3-4,12,14-15H,5-9H2,1-2H3;(H,6,7)/t12-,14+,15+;/m0./s1. The Balaban J connectivity index is 0.000000298. The highest BCUT2D eigenvalue weighted by Crippen LogP contribution is 2.40. The molecule has 4 rings (SSSR count). The minimum Gasteiger partial charge on any atom is -0.475 e. The smallest absolute Gasteiger partial charge is 0.475 e. The molecule has 0 bridgehead atoms. The summed E-state index contributed by atoms with van der Waals surface area (Å²) in [4.78, 5) is 18.6. The summed E-state index contributed by atoms with van der Waals surface area (Å²) in [6.45, 7) is 7.20. The maximum Gasteiger partial charge on any atom is 0.490 e. The fourth-order valence-electron chi connectivity index (χ4n) is 3.53. The van der Waals surface area contributed by atoms with E-state index in [-0.39, 0.29) is 6.10 Å². The molecule has 0 aliphatic carbocycles. The van der Waals surface area contributed by atoms with Crippen LogP contribution < -0.4 is 0 Å². The predicted octanol–water partition coefficient (Wildman–Crippen LogP) is 3.73. The summed E-state index contributed by atoms with van der Waals surface area (Å²) in [5, 5.41) is 11.0. The number of carboxylic acids is 1. The number of nitrogens with zero attached hydrogens (tertiary/aromatic N) is 3. The van der Waals surface area contributed by atoms with E-state index in [1.54, 1.807) is 0 Å². The Morgan fingerprint density at radius 2 is 2.10 bits per heavy atom. The summed E-state index contributed by atoms with van der Waals surface area (Å²) in [5.74, 6) is -0.804. The molecule has 0 radical (unpaired) electrons. The molecule has 1 N–H and O–H groups in total. The number of carboxylic acid groups (broad SMARTS) is 1. The van der Waals surface area contributed by atoms with Gasteiger partial charge in [-0.3, -0.25) is 4.90 Å². The van der Waals surface area contributed by atoms with E-state index in [0.29, 0.717) is 23.7 Å². The second-order valence-corrected chi connectivity index (χ2v) is 8.55. The highest BCUT2D eigenvalue weighted by atomic mass is 32.1. The molecule has 11 heteroatoms. The topological polar surface area (TPSA) is 88.7 Å². The van der Waals surface area contributed by atoms with Gasteiger partial charge in [-0.15, -0.1) is 11.3 Å². The van der Waals surface area contributed by atoms with E-state index in [1.807, 2.05) is 18.3 Å². The normalized spacial score (nSPS) is 24.7. The van der Waals surface area contributed by atoms with E-state index in [1.165, 1.54) is 16.2 Å². The third-order valence-electron chi connectivity index (χ3n) is 4.87. The van der Waals surface area contributed by atoms with Crippen molar-refractivity contribution in [3.63, 3.8) is 0 Å². The Hall–Kier alpha value is -1.98. The molecular formula is C18H22F3N3O4S. The van der Waals surface area contributed by atoms with Gasteiger partial charge in [0.1, 0.15) is 6.10 Å². The molecule has 2 saturated heterocycles. The Morgan fingerprint density at radius 3 is 2.66 bits per heavy atom. The molecule has 0 spiro atoms. The summed E-state index contributed by atoms with van der Waals surface area (Å²) >= 11 is 1.89. The first-order valence-electron chi connectivity index (χ1n) is 9.15. The molecule has 2 aromatic rings. The van der Waals surface area contributed by atoms with Crippen molar-refractivity contribution >= 4 is 17.3 Å². The number of rotatable bonds is 3. The van der Waals surface area contributed by atoms with Crippen LogP contribution >= 0.6 is 11.3 Å². The van der Waals surface area contributed by atoms with Crippen molar-refractivity contribution in [3.8, 4) is 0 Å². The molecular weight excluding hydrogens is 411 g/mol. The van der Waals surface area contributed by atoms with Gasteiger partial charge in [-0.05, 0) is 51.3 Å². The van der Waals surface area contributed by atoms with Gasteiger partial charge in [0.05, 0.1) is 6.10 Å². The third-order valence-corrected chi connectivity index (χ3v) is 5.86. The summed E-state index contributed by atoms with van der Waals surface area (Å²) in [6, 6.07) is 4.44. The van der Waals surface area contributed by atoms with Gasteiger partial charge in [-0.25, -0.2) is 4.79 Å². The van der Waals surface area contributed by atoms with Crippen LogP contribution in [-0.4, -0.2) is 51.5 Å². The number of fused-ring (bicyclic) bond motifs is 1. The van der Waals surface area contributed by atoms with Crippen LogP contribution in [-0.2, 0) is 16.1 Å². The van der Waals surface area contributed by atoms with Gasteiger partial charge in [0, 0.05) is 22.8 Å². The van der Waals surface area contributed by atoms with Gasteiger partial charge in [0.2, 0.25) is 0 Å². The van der Waals surface area contributed by atoms with Crippen LogP contribution in [0.25, 0.3) is 0 Å². The summed E-state index contributed by atoms with van der Waals surface area (Å²) in [7, 11) is 0. The second-order valence-electron chi connectivity index (χ2n) is 7.18. The highest BCUT2D eigenvalue weighted by molar-refractivity contribution is 7.11. The number of aromatic nitrogens is 2. The number of piperidine rings is 1. The summed E-state index contributed by atoms with van der Waals surface area (Å²) < 4.78 is 43.2. The molecule has 3 atom stereocenters. The zero-order valence-corrected chi connectivity index (χ0v) is 16.8. The number of halogens is 3. The van der Waals surface area contributed by atoms with Gasteiger partial charge < -0.3 is 14.4 Å². The van der Waals surface area contributed by atoms with E-state index < -0.39 is 12.1 Å². The van der Waals surface area contributed by atoms with E-state index in [9.17, 15) is 13.2 Å². The molecule has 7 nitrogen and oxygen atoms in total. The molecule has 0 saturated carbocycles. The number of aliphatic carboxylic acids is 1. The van der Waals surface area contributed by atoms with E-state index in [2.05, 4.69) is 34.1 Å². The lowest BCUT2D eigenvalue weighted by Crippen LogP contribution is -2.41. The summed E-state index contributed by atoms with van der Waals surface area (Å²) in [5.41, 5.74) is 0. The number of thiophene rings is 1. The third kappa shape index (κ3) is 5.77. The van der Waals surface area contributed by atoms with E-state index in [4.69, 9.17) is 19.2 Å². The fourth-order valence-corrected chi connectivity index (χ4v) is 4.46. The average Bonchev–Trinajstić information content (AvgIpc) is 3.34. The van der Waals surface area contributed by atoms with E-state index >= 15 is 0 Å². The van der Waals surface area contributed by atoms with Gasteiger partial charge in [0.15, 0.2) is 5.82 Å². The van der Waals surface area contributed by atoms with Crippen LogP contribution in [0.2, 0.25) is 0 Å². The molecule has 0 unspecified atom stereocenters. The van der Waals surface area contributed by atoms with Gasteiger partial charge in [-0.2, -0.15) is 18.2 Å². The maximum atomic E-state index is 10.6. The van der Waals surface area contributed by atoms with Crippen molar-refractivity contribution in [2.45, 2.75) is 51.6 Å². The summed E-state index contributed by atoms with van der Waals surface area (Å²) in [6.07, 6.45) is -2.59. The number of hydrogen-bond donors (Lipinski definition) is 1. The molecule has 2 aliphatic heterocycles. The first-order chi connectivity index (χ1) is 13.6. The number of carbonyl (C=O) groups is 1. The van der Waals surface area contributed by atoms with Crippen molar-refractivity contribution in [1.29, 1.82) is 0 Å². The zero-order valence-electron chi connectivity index (χ0n) is 16.0. The Labute approximate surface area is 169 Å². The van der Waals surface area contributed by atoms with Crippen molar-refractivity contribution in [2.75, 3.05) is 13.1 Å². The SMILES string of the molecule is Cc1noc([C@H]2C[C@@H]3CCN(Cc4ccc(C)s4)C[C@H]3O2)n1.O=C(O)C(F)(F)F. The first-order valence-corrected chi connectivity index (χ1v) is 9.97. The Kier molecular flexibility index (Phi) is 6.59. The molecule has 2 fully saturated rings. The lowest BCUT2D eigenvalue weighted by molar-refractivity contribution is -0.192. The number of likely N-dealkylation sites (tertiary alicyclic amines) is 1. The lowest BCUT2D eigenvalue weighted by atomic mass is 9.92. The molecule has 2 aromatic heterocycles. The molecule has 4 heterocycles. The predicted molar refractivity (Wildman–Crippen MR) is 97.4 cm³/mol. The number of hydrogen-bond acceptors (Lipinski definition) is 7. The fraction of sp³-hybridized carbons (Fsp3) is 0.611.